The molecule has 1 amide bonds. The van der Waals surface area contributed by atoms with Crippen LogP contribution in [-0.2, 0) is 16.0 Å². The number of amides is 1. The van der Waals surface area contributed by atoms with Crippen LogP contribution in [0.1, 0.15) is 43.6 Å². The molecule has 1 aliphatic heterocycles. The van der Waals surface area contributed by atoms with Gasteiger partial charge in [-0.3, -0.25) is 9.59 Å². The molecule has 1 aromatic rings. The van der Waals surface area contributed by atoms with E-state index >= 15 is 0 Å². The van der Waals surface area contributed by atoms with E-state index in [1.165, 1.54) is 0 Å². The number of rotatable bonds is 3. The molecule has 0 aliphatic carbocycles. The van der Waals surface area contributed by atoms with Crippen molar-refractivity contribution in [1.82, 2.24) is 0 Å². The summed E-state index contributed by atoms with van der Waals surface area (Å²) in [6.07, 6.45) is 1.58. The number of anilines is 1. The van der Waals surface area contributed by atoms with Crippen molar-refractivity contribution in [3.05, 3.63) is 17.6 Å². The van der Waals surface area contributed by atoms with Crippen molar-refractivity contribution in [3.63, 3.8) is 0 Å². The molecular weight excluding hydrogens is 222 g/mol. The summed E-state index contributed by atoms with van der Waals surface area (Å²) in [6.45, 7) is 1.95. The zero-order valence-electron chi connectivity index (χ0n) is 9.66. The van der Waals surface area contributed by atoms with Gasteiger partial charge in [0.05, 0.1) is 12.1 Å². The zero-order chi connectivity index (χ0) is 12.4. The number of carbonyl (C=O) groups is 2. The molecule has 0 bridgehead atoms. The largest absolute Gasteiger partial charge is 0.481 e. The van der Waals surface area contributed by atoms with E-state index < -0.39 is 5.97 Å². The number of fused-ring (bicyclic) bond motifs is 1. The maximum atomic E-state index is 11.5. The van der Waals surface area contributed by atoms with Crippen LogP contribution in [-0.4, -0.2) is 17.0 Å². The predicted molar refractivity (Wildman–Crippen MR) is 60.9 cm³/mol. The number of nitrogens with one attached hydrogen (secondary N) is 1. The van der Waals surface area contributed by atoms with E-state index in [1.54, 1.807) is 6.07 Å². The molecule has 0 fully saturated rings. The number of carboxylic acids is 1. The van der Waals surface area contributed by atoms with Crippen LogP contribution in [0.2, 0.25) is 0 Å². The van der Waals surface area contributed by atoms with Crippen molar-refractivity contribution in [1.29, 1.82) is 0 Å². The molecule has 1 aromatic heterocycles. The summed E-state index contributed by atoms with van der Waals surface area (Å²) < 4.78 is 5.62. The normalized spacial score (nSPS) is 19.4. The number of furan rings is 1. The second kappa shape index (κ2) is 4.61. The minimum atomic E-state index is -0.871. The van der Waals surface area contributed by atoms with Gasteiger partial charge in [-0.2, -0.15) is 0 Å². The standard InChI is InChI=1S/C12H15NO4/c1-2-8-6-9-12(17-8)7(5-11(15)16)3-4-10(14)13-9/h6-7H,2-5H2,1H3,(H,13,14)(H,15,16). The fourth-order valence-corrected chi connectivity index (χ4v) is 2.09. The van der Waals surface area contributed by atoms with Crippen molar-refractivity contribution < 1.29 is 19.1 Å². The average Bonchev–Trinajstić information content (AvgIpc) is 2.61. The van der Waals surface area contributed by atoms with E-state index in [4.69, 9.17) is 9.52 Å². The van der Waals surface area contributed by atoms with Gasteiger partial charge in [-0.25, -0.2) is 0 Å². The lowest BCUT2D eigenvalue weighted by Crippen LogP contribution is -2.08. The Morgan fingerprint density at radius 2 is 2.41 bits per heavy atom. The smallest absolute Gasteiger partial charge is 0.304 e. The van der Waals surface area contributed by atoms with Gasteiger partial charge in [0.25, 0.3) is 0 Å². The van der Waals surface area contributed by atoms with Crippen molar-refractivity contribution in [2.24, 2.45) is 0 Å². The summed E-state index contributed by atoms with van der Waals surface area (Å²) in [5.41, 5.74) is 0.635. The highest BCUT2D eigenvalue weighted by Gasteiger charge is 2.27. The van der Waals surface area contributed by atoms with Gasteiger partial charge in [-0.1, -0.05) is 6.92 Å². The van der Waals surface area contributed by atoms with Crippen LogP contribution >= 0.6 is 0 Å². The molecule has 0 saturated heterocycles. The highest BCUT2D eigenvalue weighted by atomic mass is 16.4. The maximum Gasteiger partial charge on any atom is 0.304 e. The summed E-state index contributed by atoms with van der Waals surface area (Å²) in [7, 11) is 0. The molecule has 0 aromatic carbocycles. The quantitative estimate of drug-likeness (QED) is 0.844. The summed E-state index contributed by atoms with van der Waals surface area (Å²) >= 11 is 0. The van der Waals surface area contributed by atoms with Crippen molar-refractivity contribution in [2.45, 2.75) is 38.5 Å². The monoisotopic (exact) mass is 237 g/mol. The Bertz CT molecular complexity index is 449. The maximum absolute atomic E-state index is 11.5. The van der Waals surface area contributed by atoms with Gasteiger partial charge >= 0.3 is 5.97 Å². The molecule has 2 heterocycles. The van der Waals surface area contributed by atoms with E-state index in [-0.39, 0.29) is 18.2 Å². The molecule has 0 saturated carbocycles. The Morgan fingerprint density at radius 3 is 3.06 bits per heavy atom. The van der Waals surface area contributed by atoms with Crippen molar-refractivity contribution >= 4 is 17.6 Å². The Kier molecular flexibility index (Phi) is 3.17. The third-order valence-corrected chi connectivity index (χ3v) is 2.95. The Morgan fingerprint density at radius 1 is 1.65 bits per heavy atom. The van der Waals surface area contributed by atoms with E-state index in [0.29, 0.717) is 24.3 Å². The van der Waals surface area contributed by atoms with Crippen LogP contribution in [0.25, 0.3) is 0 Å². The van der Waals surface area contributed by atoms with Crippen LogP contribution in [0.3, 0.4) is 0 Å². The van der Waals surface area contributed by atoms with Crippen molar-refractivity contribution in [3.8, 4) is 0 Å². The van der Waals surface area contributed by atoms with E-state index in [2.05, 4.69) is 5.32 Å². The third-order valence-electron chi connectivity index (χ3n) is 2.95. The van der Waals surface area contributed by atoms with Crippen LogP contribution < -0.4 is 5.32 Å². The highest BCUT2D eigenvalue weighted by molar-refractivity contribution is 5.92. The topological polar surface area (TPSA) is 79.5 Å². The minimum Gasteiger partial charge on any atom is -0.481 e. The first-order valence-electron chi connectivity index (χ1n) is 5.74. The number of hydrogen-bond acceptors (Lipinski definition) is 3. The lowest BCUT2D eigenvalue weighted by molar-refractivity contribution is -0.137. The molecule has 1 aliphatic rings. The molecule has 92 valence electrons. The highest BCUT2D eigenvalue weighted by Crippen LogP contribution is 2.36. The van der Waals surface area contributed by atoms with Gasteiger partial charge in [-0.15, -0.1) is 0 Å². The molecule has 0 spiro atoms. The van der Waals surface area contributed by atoms with Gasteiger partial charge in [-0.05, 0) is 6.42 Å². The van der Waals surface area contributed by atoms with Crippen LogP contribution in [0, 0.1) is 0 Å². The van der Waals surface area contributed by atoms with E-state index in [1.807, 2.05) is 6.92 Å². The summed E-state index contributed by atoms with van der Waals surface area (Å²) in [5, 5.41) is 11.6. The first-order valence-corrected chi connectivity index (χ1v) is 5.74. The predicted octanol–water partition coefficient (Wildman–Crippen LogP) is 2.13. The number of hydrogen-bond donors (Lipinski definition) is 2. The second-order valence-corrected chi connectivity index (χ2v) is 4.23. The Balaban J connectivity index is 2.33. The lowest BCUT2D eigenvalue weighted by Gasteiger charge is -2.09. The first kappa shape index (κ1) is 11.7. The number of aliphatic carboxylic acids is 1. The van der Waals surface area contributed by atoms with Crippen LogP contribution in [0.15, 0.2) is 10.5 Å². The fraction of sp³-hybridized carbons (Fsp3) is 0.500. The summed E-state index contributed by atoms with van der Waals surface area (Å²) in [4.78, 5) is 22.3. The minimum absolute atomic E-state index is 0.00136. The second-order valence-electron chi connectivity index (χ2n) is 4.23. The first-order chi connectivity index (χ1) is 8.10. The van der Waals surface area contributed by atoms with Crippen LogP contribution in [0.5, 0.6) is 0 Å². The molecule has 5 nitrogen and oxygen atoms in total. The Labute approximate surface area is 98.8 Å². The molecule has 2 N–H and O–H groups in total. The number of carboxylic acid groups (broad SMARTS) is 1. The van der Waals surface area contributed by atoms with Gasteiger partial charge < -0.3 is 14.8 Å². The van der Waals surface area contributed by atoms with Crippen molar-refractivity contribution in [2.75, 3.05) is 5.32 Å². The molecule has 0 radical (unpaired) electrons. The summed E-state index contributed by atoms with van der Waals surface area (Å²) in [6, 6.07) is 1.79. The zero-order valence-corrected chi connectivity index (χ0v) is 9.66. The van der Waals surface area contributed by atoms with E-state index in [0.717, 1.165) is 12.2 Å². The third kappa shape index (κ3) is 2.49. The molecule has 1 unspecified atom stereocenters. The molecule has 17 heavy (non-hydrogen) atoms. The van der Waals surface area contributed by atoms with Gasteiger partial charge in [0, 0.05) is 24.8 Å². The molecule has 1 atom stereocenters. The number of carbonyl (C=O) groups excluding carboxylic acids is 1. The lowest BCUT2D eigenvalue weighted by atomic mass is 9.97. The molecule has 2 rings (SSSR count). The van der Waals surface area contributed by atoms with Gasteiger partial charge in [0.2, 0.25) is 5.91 Å². The van der Waals surface area contributed by atoms with Crippen LogP contribution in [0.4, 0.5) is 5.69 Å². The van der Waals surface area contributed by atoms with Gasteiger partial charge in [0.1, 0.15) is 11.5 Å². The fourth-order valence-electron chi connectivity index (χ4n) is 2.09. The van der Waals surface area contributed by atoms with Gasteiger partial charge in [0.15, 0.2) is 0 Å². The Hall–Kier alpha value is -1.78. The molecular formula is C12H15NO4. The number of aryl methyl sites for hydroxylation is 1. The SMILES string of the molecule is CCc1cc2c(o1)C(CC(=O)O)CCC(=O)N2. The average molecular weight is 237 g/mol. The van der Waals surface area contributed by atoms with E-state index in [9.17, 15) is 9.59 Å². The molecule has 5 heteroatoms. The summed E-state index contributed by atoms with van der Waals surface area (Å²) in [5.74, 6) is 0.205.